The third-order valence-electron chi connectivity index (χ3n) is 4.69. The smallest absolute Gasteiger partial charge is 0.309 e. The minimum Gasteiger partial charge on any atom is -0.481 e. The number of likely N-dealkylation sites (tertiary alicyclic amines) is 1. The Labute approximate surface area is 144 Å². The molecule has 0 saturated carbocycles. The van der Waals surface area contributed by atoms with E-state index in [9.17, 15) is 14.7 Å². The van der Waals surface area contributed by atoms with Crippen LogP contribution in [0.2, 0.25) is 0 Å². The number of nitrogens with zero attached hydrogens (tertiary/aromatic N) is 3. The predicted molar refractivity (Wildman–Crippen MR) is 90.7 cm³/mol. The van der Waals surface area contributed by atoms with Crippen LogP contribution in [0.4, 0.5) is 0 Å². The fourth-order valence-corrected chi connectivity index (χ4v) is 4.28. The van der Waals surface area contributed by atoms with Gasteiger partial charge in [0.1, 0.15) is 0 Å². The van der Waals surface area contributed by atoms with E-state index in [-0.39, 0.29) is 12.3 Å². The van der Waals surface area contributed by atoms with E-state index >= 15 is 0 Å². The maximum atomic E-state index is 12.5. The number of carboxylic acid groups (broad SMARTS) is 1. The van der Waals surface area contributed by atoms with Crippen molar-refractivity contribution in [2.24, 2.45) is 5.92 Å². The summed E-state index contributed by atoms with van der Waals surface area (Å²) in [5, 5.41) is 16.1. The zero-order valence-corrected chi connectivity index (χ0v) is 14.8. The maximum Gasteiger partial charge on any atom is 0.309 e. The predicted octanol–water partition coefficient (Wildman–Crippen LogP) is 2.76. The van der Waals surface area contributed by atoms with E-state index in [2.05, 4.69) is 5.10 Å². The highest BCUT2D eigenvalue weighted by Gasteiger charge is 2.46. The standard InChI is InChI=1S/C17H21N3O3S/c1-4-20-11(3)15(10(2)18-20)16-13(17(22)23)8-14(21)19(16)9-12-6-5-7-24-12/h5-7,13,16H,4,8-9H2,1-3H3,(H,22,23). The van der Waals surface area contributed by atoms with Crippen LogP contribution in [0, 0.1) is 19.8 Å². The molecular weight excluding hydrogens is 326 g/mol. The Hall–Kier alpha value is -2.15. The van der Waals surface area contributed by atoms with Crippen LogP contribution in [0.15, 0.2) is 17.5 Å². The lowest BCUT2D eigenvalue weighted by Crippen LogP contribution is -2.30. The van der Waals surface area contributed by atoms with Crippen LogP contribution < -0.4 is 0 Å². The summed E-state index contributed by atoms with van der Waals surface area (Å²) < 4.78 is 1.87. The van der Waals surface area contributed by atoms with E-state index in [1.165, 1.54) is 0 Å². The minimum atomic E-state index is -0.926. The van der Waals surface area contributed by atoms with E-state index in [0.717, 1.165) is 28.4 Å². The molecule has 128 valence electrons. The molecule has 0 aromatic carbocycles. The molecule has 3 heterocycles. The van der Waals surface area contributed by atoms with Gasteiger partial charge in [0.25, 0.3) is 0 Å². The van der Waals surface area contributed by atoms with Gasteiger partial charge < -0.3 is 10.0 Å². The first-order chi connectivity index (χ1) is 11.4. The fourth-order valence-electron chi connectivity index (χ4n) is 3.57. The number of carbonyl (C=O) groups excluding carboxylic acids is 1. The van der Waals surface area contributed by atoms with Crippen LogP contribution in [0.25, 0.3) is 0 Å². The number of thiophene rings is 1. The molecule has 6 nitrogen and oxygen atoms in total. The van der Waals surface area contributed by atoms with E-state index in [0.29, 0.717) is 6.54 Å². The van der Waals surface area contributed by atoms with Crippen molar-refractivity contribution in [3.63, 3.8) is 0 Å². The zero-order chi connectivity index (χ0) is 17.4. The van der Waals surface area contributed by atoms with Gasteiger partial charge in [0.05, 0.1) is 24.2 Å². The topological polar surface area (TPSA) is 75.4 Å². The van der Waals surface area contributed by atoms with Gasteiger partial charge in [-0.2, -0.15) is 5.10 Å². The van der Waals surface area contributed by atoms with Gasteiger partial charge in [-0.1, -0.05) is 6.07 Å². The molecule has 0 spiro atoms. The fraction of sp³-hybridized carbons (Fsp3) is 0.471. The number of carboxylic acids is 1. The number of aromatic nitrogens is 2. The molecular formula is C17H21N3O3S. The molecule has 24 heavy (non-hydrogen) atoms. The summed E-state index contributed by atoms with van der Waals surface area (Å²) in [5.41, 5.74) is 2.63. The largest absolute Gasteiger partial charge is 0.481 e. The molecule has 1 saturated heterocycles. The second kappa shape index (κ2) is 6.39. The molecule has 1 amide bonds. The molecule has 1 N–H and O–H groups in total. The Bertz CT molecular complexity index is 766. The van der Waals surface area contributed by atoms with Crippen molar-refractivity contribution in [1.29, 1.82) is 0 Å². The second-order valence-electron chi connectivity index (χ2n) is 6.09. The minimum absolute atomic E-state index is 0.0432. The Morgan fingerprint density at radius 3 is 2.75 bits per heavy atom. The van der Waals surface area contributed by atoms with Crippen molar-refractivity contribution in [3.05, 3.63) is 39.3 Å². The number of carbonyl (C=O) groups is 2. The summed E-state index contributed by atoms with van der Waals surface area (Å²) in [6, 6.07) is 3.45. The maximum absolute atomic E-state index is 12.5. The highest BCUT2D eigenvalue weighted by atomic mass is 32.1. The van der Waals surface area contributed by atoms with E-state index < -0.39 is 17.9 Å². The number of rotatable bonds is 5. The summed E-state index contributed by atoms with van der Waals surface area (Å²) in [4.78, 5) is 27.1. The molecule has 2 unspecified atom stereocenters. The number of hydrogen-bond acceptors (Lipinski definition) is 4. The van der Waals surface area contributed by atoms with Crippen molar-refractivity contribution in [1.82, 2.24) is 14.7 Å². The lowest BCUT2D eigenvalue weighted by Gasteiger charge is -2.27. The Morgan fingerprint density at radius 2 is 2.21 bits per heavy atom. The first-order valence-electron chi connectivity index (χ1n) is 8.02. The molecule has 1 aliphatic rings. The highest BCUT2D eigenvalue weighted by Crippen LogP contribution is 2.42. The first-order valence-corrected chi connectivity index (χ1v) is 8.90. The van der Waals surface area contributed by atoms with Crippen molar-refractivity contribution in [2.75, 3.05) is 0 Å². The average molecular weight is 347 g/mol. The van der Waals surface area contributed by atoms with Crippen molar-refractivity contribution in [2.45, 2.75) is 46.3 Å². The molecule has 3 rings (SSSR count). The molecule has 2 atom stereocenters. The molecule has 0 aliphatic carbocycles. The van der Waals surface area contributed by atoms with E-state index in [1.807, 2.05) is 43.0 Å². The summed E-state index contributed by atoms with van der Waals surface area (Å²) in [7, 11) is 0. The number of hydrogen-bond donors (Lipinski definition) is 1. The molecule has 2 aromatic heterocycles. The summed E-state index contributed by atoms with van der Waals surface area (Å²) >= 11 is 1.57. The van der Waals surface area contributed by atoms with Crippen LogP contribution >= 0.6 is 11.3 Å². The normalized spacial score (nSPS) is 20.8. The van der Waals surface area contributed by atoms with Crippen LogP contribution in [0.5, 0.6) is 0 Å². The zero-order valence-electron chi connectivity index (χ0n) is 14.0. The molecule has 1 aliphatic heterocycles. The quantitative estimate of drug-likeness (QED) is 0.902. The Balaban J connectivity index is 2.06. The third-order valence-corrected chi connectivity index (χ3v) is 5.55. The number of aryl methyl sites for hydroxylation is 2. The van der Waals surface area contributed by atoms with Crippen LogP contribution in [-0.2, 0) is 22.7 Å². The van der Waals surface area contributed by atoms with Gasteiger partial charge >= 0.3 is 5.97 Å². The average Bonchev–Trinajstić information content (AvgIpc) is 3.21. The van der Waals surface area contributed by atoms with Gasteiger partial charge in [0, 0.05) is 29.1 Å². The number of aliphatic carboxylic acids is 1. The monoisotopic (exact) mass is 347 g/mol. The Morgan fingerprint density at radius 1 is 1.46 bits per heavy atom. The van der Waals surface area contributed by atoms with Gasteiger partial charge in [-0.15, -0.1) is 11.3 Å². The van der Waals surface area contributed by atoms with Crippen LogP contribution in [-0.4, -0.2) is 31.7 Å². The van der Waals surface area contributed by atoms with Crippen molar-refractivity contribution >= 4 is 23.2 Å². The lowest BCUT2D eigenvalue weighted by atomic mass is 9.92. The first kappa shape index (κ1) is 16.7. The molecule has 2 aromatic rings. The van der Waals surface area contributed by atoms with E-state index in [4.69, 9.17) is 0 Å². The van der Waals surface area contributed by atoms with Gasteiger partial charge in [-0.3, -0.25) is 14.3 Å². The lowest BCUT2D eigenvalue weighted by molar-refractivity contribution is -0.142. The second-order valence-corrected chi connectivity index (χ2v) is 7.13. The van der Waals surface area contributed by atoms with Gasteiger partial charge in [-0.25, -0.2) is 0 Å². The van der Waals surface area contributed by atoms with E-state index in [1.54, 1.807) is 16.2 Å². The van der Waals surface area contributed by atoms with Crippen molar-refractivity contribution in [3.8, 4) is 0 Å². The molecule has 1 fully saturated rings. The molecule has 0 radical (unpaired) electrons. The highest BCUT2D eigenvalue weighted by molar-refractivity contribution is 7.09. The number of amides is 1. The van der Waals surface area contributed by atoms with Gasteiger partial charge in [-0.05, 0) is 32.2 Å². The third kappa shape index (κ3) is 2.73. The summed E-state index contributed by atoms with van der Waals surface area (Å²) in [5.74, 6) is -1.77. The van der Waals surface area contributed by atoms with Gasteiger partial charge in [0.15, 0.2) is 0 Å². The summed E-state index contributed by atoms with van der Waals surface area (Å²) in [6.45, 7) is 7.00. The van der Waals surface area contributed by atoms with Crippen LogP contribution in [0.1, 0.15) is 41.2 Å². The van der Waals surface area contributed by atoms with Crippen LogP contribution in [0.3, 0.4) is 0 Å². The SMILES string of the molecule is CCn1nc(C)c(C2C(C(=O)O)CC(=O)N2Cc2cccs2)c1C. The summed E-state index contributed by atoms with van der Waals surface area (Å²) in [6.07, 6.45) is 0.0432. The van der Waals surface area contributed by atoms with Crippen molar-refractivity contribution < 1.29 is 14.7 Å². The Kier molecular flexibility index (Phi) is 4.45. The molecule has 7 heteroatoms. The van der Waals surface area contributed by atoms with Gasteiger partial charge in [0.2, 0.25) is 5.91 Å². The molecule has 0 bridgehead atoms.